The number of rotatable bonds is 7. The number of aliphatic hydroxyl groups is 1. The van der Waals surface area contributed by atoms with Crippen LogP contribution in [0.15, 0.2) is 24.3 Å². The van der Waals surface area contributed by atoms with Crippen molar-refractivity contribution in [2.45, 2.75) is 51.6 Å². The first-order valence-electron chi connectivity index (χ1n) is 6.11. The first-order valence-corrected chi connectivity index (χ1v) is 6.11. The van der Waals surface area contributed by atoms with Crippen LogP contribution in [0, 0.1) is 5.82 Å². The van der Waals surface area contributed by atoms with Crippen molar-refractivity contribution in [2.24, 2.45) is 0 Å². The fourth-order valence-electron chi connectivity index (χ4n) is 1.77. The van der Waals surface area contributed by atoms with Crippen LogP contribution in [0.4, 0.5) is 4.39 Å². The van der Waals surface area contributed by atoms with E-state index in [-0.39, 0.29) is 11.9 Å². The number of aliphatic hydroxyl groups excluding tert-OH is 1. The Kier molecular flexibility index (Phi) is 6.09. The predicted octanol–water partition coefficient (Wildman–Crippen LogP) is 3.70. The Morgan fingerprint density at radius 1 is 1.06 bits per heavy atom. The molecule has 16 heavy (non-hydrogen) atoms. The van der Waals surface area contributed by atoms with Crippen LogP contribution in [0.5, 0.6) is 0 Å². The van der Waals surface area contributed by atoms with Crippen molar-refractivity contribution in [3.8, 4) is 0 Å². The molecule has 1 atom stereocenters. The zero-order valence-corrected chi connectivity index (χ0v) is 9.95. The summed E-state index contributed by atoms with van der Waals surface area (Å²) in [6, 6.07) is 6.74. The van der Waals surface area contributed by atoms with Crippen molar-refractivity contribution < 1.29 is 9.50 Å². The highest BCUT2D eigenvalue weighted by atomic mass is 19.1. The summed E-state index contributed by atoms with van der Waals surface area (Å²) in [5, 5.41) is 9.08. The van der Waals surface area contributed by atoms with Gasteiger partial charge in [-0.3, -0.25) is 0 Å². The van der Waals surface area contributed by atoms with Gasteiger partial charge in [0.1, 0.15) is 5.82 Å². The maximum Gasteiger partial charge on any atom is 0.123 e. The van der Waals surface area contributed by atoms with E-state index in [4.69, 9.17) is 5.11 Å². The van der Waals surface area contributed by atoms with Gasteiger partial charge in [0.05, 0.1) is 6.10 Å². The van der Waals surface area contributed by atoms with Crippen LogP contribution in [0.1, 0.15) is 44.6 Å². The third kappa shape index (κ3) is 5.86. The molecule has 0 spiro atoms. The summed E-state index contributed by atoms with van der Waals surface area (Å²) < 4.78 is 12.6. The lowest BCUT2D eigenvalue weighted by atomic mass is 10.0. The summed E-state index contributed by atoms with van der Waals surface area (Å²) in [4.78, 5) is 0. The summed E-state index contributed by atoms with van der Waals surface area (Å²) in [7, 11) is 0. The van der Waals surface area contributed by atoms with Crippen LogP contribution in [0.2, 0.25) is 0 Å². The van der Waals surface area contributed by atoms with Gasteiger partial charge in [0.25, 0.3) is 0 Å². The molecule has 1 aromatic rings. The molecule has 0 aromatic heterocycles. The van der Waals surface area contributed by atoms with Gasteiger partial charge in [-0.1, -0.05) is 31.4 Å². The minimum atomic E-state index is -0.169. The molecule has 0 radical (unpaired) electrons. The predicted molar refractivity (Wildman–Crippen MR) is 64.9 cm³/mol. The van der Waals surface area contributed by atoms with E-state index in [1.807, 2.05) is 19.1 Å². The molecule has 0 saturated heterocycles. The molecule has 1 N–H and O–H groups in total. The number of hydrogen-bond donors (Lipinski definition) is 1. The number of halogens is 1. The monoisotopic (exact) mass is 224 g/mol. The Bertz CT molecular complexity index is 279. The smallest absolute Gasteiger partial charge is 0.123 e. The Balaban J connectivity index is 2.05. The van der Waals surface area contributed by atoms with Crippen LogP contribution in [-0.2, 0) is 6.42 Å². The zero-order chi connectivity index (χ0) is 11.8. The second kappa shape index (κ2) is 7.39. The molecule has 0 amide bonds. The van der Waals surface area contributed by atoms with Crippen molar-refractivity contribution in [2.75, 3.05) is 0 Å². The van der Waals surface area contributed by atoms with Gasteiger partial charge in [0.2, 0.25) is 0 Å². The first-order chi connectivity index (χ1) is 7.68. The Morgan fingerprint density at radius 2 is 1.69 bits per heavy atom. The van der Waals surface area contributed by atoms with Crippen LogP contribution < -0.4 is 0 Å². The minimum absolute atomic E-state index is 0.166. The molecule has 0 aliphatic heterocycles. The molecule has 1 rings (SSSR count). The van der Waals surface area contributed by atoms with Crippen LogP contribution in [0.25, 0.3) is 0 Å². The van der Waals surface area contributed by atoms with E-state index in [1.54, 1.807) is 0 Å². The Labute approximate surface area is 97.3 Å². The largest absolute Gasteiger partial charge is 0.393 e. The van der Waals surface area contributed by atoms with Crippen LogP contribution >= 0.6 is 0 Å². The van der Waals surface area contributed by atoms with E-state index in [2.05, 4.69) is 0 Å². The molecule has 2 heteroatoms. The van der Waals surface area contributed by atoms with Gasteiger partial charge < -0.3 is 5.11 Å². The highest BCUT2D eigenvalue weighted by molar-refractivity contribution is 5.15. The van der Waals surface area contributed by atoms with Gasteiger partial charge in [0, 0.05) is 0 Å². The maximum absolute atomic E-state index is 12.6. The molecule has 0 fully saturated rings. The number of aryl methyl sites for hydroxylation is 1. The highest BCUT2D eigenvalue weighted by Crippen LogP contribution is 2.10. The second-order valence-electron chi connectivity index (χ2n) is 4.43. The number of unbranched alkanes of at least 4 members (excludes halogenated alkanes) is 3. The third-order valence-electron chi connectivity index (χ3n) is 2.75. The quantitative estimate of drug-likeness (QED) is 0.700. The average molecular weight is 224 g/mol. The average Bonchev–Trinajstić information content (AvgIpc) is 2.25. The normalized spacial score (nSPS) is 12.7. The molecular weight excluding hydrogens is 203 g/mol. The SMILES string of the molecule is CC(O)CCCCCCc1ccc(F)cc1. The van der Waals surface area contributed by atoms with Gasteiger partial charge in [-0.05, 0) is 43.9 Å². The van der Waals surface area contributed by atoms with Gasteiger partial charge in [-0.25, -0.2) is 4.39 Å². The molecule has 1 aromatic carbocycles. The van der Waals surface area contributed by atoms with Crippen LogP contribution in [-0.4, -0.2) is 11.2 Å². The molecule has 0 aliphatic carbocycles. The van der Waals surface area contributed by atoms with E-state index >= 15 is 0 Å². The van der Waals surface area contributed by atoms with Crippen molar-refractivity contribution in [1.82, 2.24) is 0 Å². The summed E-state index contributed by atoms with van der Waals surface area (Å²) >= 11 is 0. The van der Waals surface area contributed by atoms with Gasteiger partial charge in [-0.2, -0.15) is 0 Å². The van der Waals surface area contributed by atoms with E-state index in [0.717, 1.165) is 25.7 Å². The lowest BCUT2D eigenvalue weighted by Crippen LogP contribution is -1.98. The number of hydrogen-bond acceptors (Lipinski definition) is 1. The Morgan fingerprint density at radius 3 is 2.31 bits per heavy atom. The van der Waals surface area contributed by atoms with Gasteiger partial charge in [0.15, 0.2) is 0 Å². The topological polar surface area (TPSA) is 20.2 Å². The molecule has 1 unspecified atom stereocenters. The minimum Gasteiger partial charge on any atom is -0.393 e. The second-order valence-corrected chi connectivity index (χ2v) is 4.43. The van der Waals surface area contributed by atoms with E-state index in [9.17, 15) is 4.39 Å². The van der Waals surface area contributed by atoms with Crippen molar-refractivity contribution >= 4 is 0 Å². The fraction of sp³-hybridized carbons (Fsp3) is 0.571. The lowest BCUT2D eigenvalue weighted by molar-refractivity contribution is 0.180. The molecule has 0 saturated carbocycles. The molecule has 0 bridgehead atoms. The zero-order valence-electron chi connectivity index (χ0n) is 9.95. The molecule has 90 valence electrons. The maximum atomic E-state index is 12.6. The first kappa shape index (κ1) is 13.2. The summed E-state index contributed by atoms with van der Waals surface area (Å²) in [6.07, 6.45) is 6.35. The molecule has 0 aliphatic rings. The number of benzene rings is 1. The molecular formula is C14H21FO. The Hall–Kier alpha value is -0.890. The summed E-state index contributed by atoms with van der Waals surface area (Å²) in [6.45, 7) is 1.83. The van der Waals surface area contributed by atoms with E-state index < -0.39 is 0 Å². The molecule has 1 nitrogen and oxygen atoms in total. The van der Waals surface area contributed by atoms with Crippen molar-refractivity contribution in [3.05, 3.63) is 35.6 Å². The highest BCUT2D eigenvalue weighted by Gasteiger charge is 1.97. The van der Waals surface area contributed by atoms with Crippen molar-refractivity contribution in [1.29, 1.82) is 0 Å². The van der Waals surface area contributed by atoms with E-state index in [0.29, 0.717) is 0 Å². The van der Waals surface area contributed by atoms with E-state index in [1.165, 1.54) is 30.5 Å². The summed E-state index contributed by atoms with van der Waals surface area (Å²) in [5.74, 6) is -0.166. The van der Waals surface area contributed by atoms with Crippen molar-refractivity contribution in [3.63, 3.8) is 0 Å². The van der Waals surface area contributed by atoms with Gasteiger partial charge >= 0.3 is 0 Å². The fourth-order valence-corrected chi connectivity index (χ4v) is 1.77. The molecule has 0 heterocycles. The third-order valence-corrected chi connectivity index (χ3v) is 2.75. The lowest BCUT2D eigenvalue weighted by Gasteiger charge is -2.04. The summed E-state index contributed by atoms with van der Waals surface area (Å²) in [5.41, 5.74) is 1.21. The van der Waals surface area contributed by atoms with Crippen LogP contribution in [0.3, 0.4) is 0 Å². The van der Waals surface area contributed by atoms with Gasteiger partial charge in [-0.15, -0.1) is 0 Å². The standard InChI is InChI=1S/C14H21FO/c1-12(16)6-4-2-3-5-7-13-8-10-14(15)11-9-13/h8-12,16H,2-7H2,1H3.